The number of carbonyl (C=O) groups is 1. The van der Waals surface area contributed by atoms with Crippen molar-refractivity contribution in [1.82, 2.24) is 4.90 Å². The number of ether oxygens (including phenoxy) is 1. The largest absolute Gasteiger partial charge is 0.481 e. The van der Waals surface area contributed by atoms with Crippen LogP contribution in [0.5, 0.6) is 0 Å². The highest BCUT2D eigenvalue weighted by Gasteiger charge is 2.46. The smallest absolute Gasteiger partial charge is 0.306 e. The lowest BCUT2D eigenvalue weighted by Crippen LogP contribution is -2.59. The summed E-state index contributed by atoms with van der Waals surface area (Å²) in [6.45, 7) is 4.66. The monoisotopic (exact) mass is 253 g/mol. The zero-order chi connectivity index (χ0) is 12.8. The van der Waals surface area contributed by atoms with Gasteiger partial charge in [0.05, 0.1) is 11.5 Å². The number of aliphatic carboxylic acids is 1. The molecule has 0 aromatic heterocycles. The van der Waals surface area contributed by atoms with Crippen molar-refractivity contribution in [2.24, 2.45) is 11.8 Å². The van der Waals surface area contributed by atoms with Crippen molar-refractivity contribution in [1.29, 1.82) is 0 Å². The minimum absolute atomic E-state index is 0.196. The van der Waals surface area contributed by atoms with Crippen LogP contribution in [0.15, 0.2) is 0 Å². The molecule has 0 aromatic rings. The second kappa shape index (κ2) is 4.49. The van der Waals surface area contributed by atoms with E-state index in [1.165, 1.54) is 25.7 Å². The standard InChI is InChI=1S/C14H23NO3/c1-10(13(16)17)11-8-15(9-11)12-3-6-18-14(7-12)4-2-5-14/h10-12H,2-9H2,1H3,(H,16,17). The number of carboxylic acid groups (broad SMARTS) is 1. The molecule has 1 spiro atoms. The minimum Gasteiger partial charge on any atom is -0.481 e. The Bertz CT molecular complexity index is 334. The summed E-state index contributed by atoms with van der Waals surface area (Å²) in [4.78, 5) is 13.4. The molecule has 3 aliphatic rings. The van der Waals surface area contributed by atoms with E-state index in [4.69, 9.17) is 9.84 Å². The summed E-state index contributed by atoms with van der Waals surface area (Å²) in [7, 11) is 0. The van der Waals surface area contributed by atoms with E-state index in [1.807, 2.05) is 6.92 Å². The molecule has 18 heavy (non-hydrogen) atoms. The number of likely N-dealkylation sites (tertiary alicyclic amines) is 1. The molecule has 2 aliphatic heterocycles. The van der Waals surface area contributed by atoms with Crippen molar-refractivity contribution < 1.29 is 14.6 Å². The second-order valence-electron chi connectivity index (χ2n) is 6.37. The van der Waals surface area contributed by atoms with Crippen LogP contribution in [0, 0.1) is 11.8 Å². The van der Waals surface area contributed by atoms with Crippen molar-refractivity contribution >= 4 is 5.97 Å². The molecule has 2 saturated heterocycles. The van der Waals surface area contributed by atoms with Gasteiger partial charge in [0.2, 0.25) is 0 Å². The third-order valence-corrected chi connectivity index (χ3v) is 5.28. The van der Waals surface area contributed by atoms with Gasteiger partial charge >= 0.3 is 5.97 Å². The SMILES string of the molecule is CC(C(=O)O)C1CN(C2CCOC3(CCC3)C2)C1. The van der Waals surface area contributed by atoms with Crippen LogP contribution in [0.1, 0.15) is 39.0 Å². The molecule has 0 bridgehead atoms. The van der Waals surface area contributed by atoms with Crippen LogP contribution in [-0.2, 0) is 9.53 Å². The quantitative estimate of drug-likeness (QED) is 0.832. The zero-order valence-corrected chi connectivity index (χ0v) is 11.1. The van der Waals surface area contributed by atoms with E-state index in [0.29, 0.717) is 12.0 Å². The van der Waals surface area contributed by atoms with Gasteiger partial charge < -0.3 is 9.84 Å². The van der Waals surface area contributed by atoms with Gasteiger partial charge in [0.1, 0.15) is 0 Å². The first-order valence-corrected chi connectivity index (χ1v) is 7.20. The normalized spacial score (nSPS) is 33.7. The Kier molecular flexibility index (Phi) is 3.10. The third kappa shape index (κ3) is 2.05. The lowest BCUT2D eigenvalue weighted by molar-refractivity contribution is -0.163. The molecular formula is C14H23NO3. The molecule has 2 heterocycles. The zero-order valence-electron chi connectivity index (χ0n) is 11.1. The molecule has 2 unspecified atom stereocenters. The molecule has 102 valence electrons. The van der Waals surface area contributed by atoms with E-state index in [0.717, 1.165) is 26.1 Å². The Morgan fingerprint density at radius 3 is 2.72 bits per heavy atom. The Morgan fingerprint density at radius 2 is 2.17 bits per heavy atom. The highest BCUT2D eigenvalue weighted by molar-refractivity contribution is 5.70. The van der Waals surface area contributed by atoms with Gasteiger partial charge in [-0.2, -0.15) is 0 Å². The van der Waals surface area contributed by atoms with Crippen LogP contribution in [0.2, 0.25) is 0 Å². The Hall–Kier alpha value is -0.610. The summed E-state index contributed by atoms with van der Waals surface area (Å²) in [6, 6.07) is 0.635. The lowest BCUT2D eigenvalue weighted by atomic mass is 9.72. The Balaban J connectivity index is 1.51. The number of nitrogens with zero attached hydrogens (tertiary/aromatic N) is 1. The van der Waals surface area contributed by atoms with Crippen molar-refractivity contribution in [3.8, 4) is 0 Å². The molecule has 0 amide bonds. The Labute approximate surface area is 108 Å². The molecule has 0 radical (unpaired) electrons. The molecule has 3 fully saturated rings. The topological polar surface area (TPSA) is 49.8 Å². The van der Waals surface area contributed by atoms with Gasteiger partial charge in [0.25, 0.3) is 0 Å². The molecule has 4 nitrogen and oxygen atoms in total. The van der Waals surface area contributed by atoms with Crippen LogP contribution in [0.3, 0.4) is 0 Å². The van der Waals surface area contributed by atoms with E-state index in [1.54, 1.807) is 0 Å². The second-order valence-corrected chi connectivity index (χ2v) is 6.37. The lowest BCUT2D eigenvalue weighted by Gasteiger charge is -2.53. The van der Waals surface area contributed by atoms with Crippen molar-refractivity contribution in [2.75, 3.05) is 19.7 Å². The maximum Gasteiger partial charge on any atom is 0.306 e. The summed E-state index contributed by atoms with van der Waals surface area (Å²) in [6.07, 6.45) is 6.06. The van der Waals surface area contributed by atoms with Gasteiger partial charge in [-0.1, -0.05) is 6.92 Å². The summed E-state index contributed by atoms with van der Waals surface area (Å²) in [5, 5.41) is 9.01. The van der Waals surface area contributed by atoms with Gasteiger partial charge in [-0.05, 0) is 38.0 Å². The fourth-order valence-electron chi connectivity index (χ4n) is 3.60. The first-order chi connectivity index (χ1) is 8.60. The van der Waals surface area contributed by atoms with E-state index in [9.17, 15) is 4.79 Å². The summed E-state index contributed by atoms with van der Waals surface area (Å²) in [5.41, 5.74) is 0.201. The number of rotatable bonds is 3. The molecule has 1 aliphatic carbocycles. The molecular weight excluding hydrogens is 230 g/mol. The van der Waals surface area contributed by atoms with E-state index < -0.39 is 5.97 Å². The van der Waals surface area contributed by atoms with Gasteiger partial charge in [-0.25, -0.2) is 0 Å². The molecule has 1 saturated carbocycles. The van der Waals surface area contributed by atoms with Crippen LogP contribution >= 0.6 is 0 Å². The predicted molar refractivity (Wildman–Crippen MR) is 67.4 cm³/mol. The number of hydrogen-bond donors (Lipinski definition) is 1. The first kappa shape index (κ1) is 12.4. The van der Waals surface area contributed by atoms with Gasteiger partial charge in [-0.3, -0.25) is 9.69 Å². The number of carboxylic acids is 1. The van der Waals surface area contributed by atoms with Gasteiger partial charge in [0, 0.05) is 25.7 Å². The van der Waals surface area contributed by atoms with E-state index in [-0.39, 0.29) is 11.5 Å². The Morgan fingerprint density at radius 1 is 1.44 bits per heavy atom. The minimum atomic E-state index is -0.651. The van der Waals surface area contributed by atoms with E-state index >= 15 is 0 Å². The highest BCUT2D eigenvalue weighted by Crippen LogP contribution is 2.44. The fraction of sp³-hybridized carbons (Fsp3) is 0.929. The average molecular weight is 253 g/mol. The third-order valence-electron chi connectivity index (χ3n) is 5.28. The average Bonchev–Trinajstić information content (AvgIpc) is 2.25. The molecule has 1 N–H and O–H groups in total. The molecule has 0 aromatic carbocycles. The van der Waals surface area contributed by atoms with Crippen molar-refractivity contribution in [2.45, 2.75) is 50.7 Å². The molecule has 4 heteroatoms. The first-order valence-electron chi connectivity index (χ1n) is 7.20. The van der Waals surface area contributed by atoms with Crippen LogP contribution in [0.4, 0.5) is 0 Å². The molecule has 2 atom stereocenters. The molecule has 3 rings (SSSR count). The summed E-state index contributed by atoms with van der Waals surface area (Å²) in [5.74, 6) is -0.497. The summed E-state index contributed by atoms with van der Waals surface area (Å²) < 4.78 is 5.94. The maximum absolute atomic E-state index is 10.9. The number of hydrogen-bond acceptors (Lipinski definition) is 3. The van der Waals surface area contributed by atoms with Crippen molar-refractivity contribution in [3.63, 3.8) is 0 Å². The predicted octanol–water partition coefficient (Wildman–Crippen LogP) is 1.74. The van der Waals surface area contributed by atoms with Crippen LogP contribution < -0.4 is 0 Å². The summed E-state index contributed by atoms with van der Waals surface area (Å²) >= 11 is 0. The van der Waals surface area contributed by atoms with Gasteiger partial charge in [0.15, 0.2) is 0 Å². The maximum atomic E-state index is 10.9. The van der Waals surface area contributed by atoms with Crippen LogP contribution in [-0.4, -0.2) is 47.3 Å². The van der Waals surface area contributed by atoms with Crippen LogP contribution in [0.25, 0.3) is 0 Å². The van der Waals surface area contributed by atoms with E-state index in [2.05, 4.69) is 4.90 Å². The van der Waals surface area contributed by atoms with Gasteiger partial charge in [-0.15, -0.1) is 0 Å². The van der Waals surface area contributed by atoms with Crippen molar-refractivity contribution in [3.05, 3.63) is 0 Å². The highest BCUT2D eigenvalue weighted by atomic mass is 16.5. The fourth-order valence-corrected chi connectivity index (χ4v) is 3.60.